The highest BCUT2D eigenvalue weighted by molar-refractivity contribution is 6.19. The fourth-order valence-electron chi connectivity index (χ4n) is 2.45. The lowest BCUT2D eigenvalue weighted by Crippen LogP contribution is -2.01. The smallest absolute Gasteiger partial charge is 0.205 e. The first-order valence-corrected chi connectivity index (χ1v) is 7.09. The summed E-state index contributed by atoms with van der Waals surface area (Å²) in [5.41, 5.74) is 2.20. The Hall–Kier alpha value is -3.32. The largest absolute Gasteiger partial charge is 0.497 e. The van der Waals surface area contributed by atoms with Crippen LogP contribution in [0.1, 0.15) is 15.9 Å². The molecule has 23 heavy (non-hydrogen) atoms. The molecule has 1 heterocycles. The van der Waals surface area contributed by atoms with Crippen LogP contribution in [0.2, 0.25) is 0 Å². The number of Topliss-reactive ketones (excluding diaryl/α,β-unsaturated/α-hetero) is 1. The average molecular weight is 302 g/mol. The van der Waals surface area contributed by atoms with Crippen molar-refractivity contribution < 1.29 is 9.53 Å². The van der Waals surface area contributed by atoms with E-state index in [1.54, 1.807) is 25.4 Å². The van der Waals surface area contributed by atoms with Crippen LogP contribution >= 0.6 is 0 Å². The molecule has 2 aromatic carbocycles. The van der Waals surface area contributed by atoms with Crippen molar-refractivity contribution >= 4 is 22.8 Å². The van der Waals surface area contributed by atoms with E-state index in [-0.39, 0.29) is 11.4 Å². The molecule has 3 rings (SSSR count). The fraction of sp³-hybridized carbons (Fsp3) is 0.0526. The Labute approximate surface area is 133 Å². The Kier molecular flexibility index (Phi) is 3.94. The van der Waals surface area contributed by atoms with Crippen molar-refractivity contribution in [1.29, 1.82) is 5.26 Å². The quantitative estimate of drug-likeness (QED) is 0.450. The van der Waals surface area contributed by atoms with Crippen LogP contribution in [0.4, 0.5) is 0 Å². The van der Waals surface area contributed by atoms with Crippen molar-refractivity contribution in [2.24, 2.45) is 0 Å². The van der Waals surface area contributed by atoms with E-state index in [0.29, 0.717) is 11.3 Å². The second-order valence-electron chi connectivity index (χ2n) is 5.02. The highest BCUT2D eigenvalue weighted by Crippen LogP contribution is 2.22. The van der Waals surface area contributed by atoms with Gasteiger partial charge in [-0.1, -0.05) is 30.3 Å². The third kappa shape index (κ3) is 2.85. The molecule has 4 nitrogen and oxygen atoms in total. The zero-order valence-corrected chi connectivity index (χ0v) is 12.5. The highest BCUT2D eigenvalue weighted by Gasteiger charge is 2.16. The topological polar surface area (TPSA) is 65.9 Å². The number of fused-ring (bicyclic) bond motifs is 1. The van der Waals surface area contributed by atoms with Gasteiger partial charge in [0.05, 0.1) is 7.11 Å². The van der Waals surface area contributed by atoms with Gasteiger partial charge in [-0.15, -0.1) is 0 Å². The van der Waals surface area contributed by atoms with E-state index in [9.17, 15) is 10.1 Å². The molecule has 3 aromatic rings. The number of hydrogen-bond donors (Lipinski definition) is 1. The summed E-state index contributed by atoms with van der Waals surface area (Å²) in [7, 11) is 1.57. The Morgan fingerprint density at radius 3 is 2.83 bits per heavy atom. The number of benzene rings is 2. The molecule has 0 saturated carbocycles. The number of H-pyrrole nitrogens is 1. The van der Waals surface area contributed by atoms with Crippen LogP contribution in [0, 0.1) is 11.3 Å². The van der Waals surface area contributed by atoms with Crippen LogP contribution in [0.25, 0.3) is 17.0 Å². The maximum atomic E-state index is 12.7. The van der Waals surface area contributed by atoms with E-state index in [4.69, 9.17) is 4.74 Å². The molecule has 0 aliphatic rings. The van der Waals surface area contributed by atoms with Crippen molar-refractivity contribution in [2.45, 2.75) is 0 Å². The first-order chi connectivity index (χ1) is 11.2. The van der Waals surface area contributed by atoms with Crippen molar-refractivity contribution in [3.05, 3.63) is 71.4 Å². The van der Waals surface area contributed by atoms with Gasteiger partial charge in [-0.05, 0) is 29.8 Å². The van der Waals surface area contributed by atoms with Crippen molar-refractivity contribution in [3.63, 3.8) is 0 Å². The number of nitriles is 1. The SMILES string of the molecule is COc1cccc(/C=C(\C#N)C(=O)c2c[nH]c3ccccc23)c1. The standard InChI is InChI=1S/C19H14N2O2/c1-23-15-6-4-5-13(10-15)9-14(11-20)19(22)17-12-21-18-8-3-2-7-16(17)18/h2-10,12,21H,1H3/b14-9+. The molecule has 0 amide bonds. The lowest BCUT2D eigenvalue weighted by Gasteiger charge is -2.02. The summed E-state index contributed by atoms with van der Waals surface area (Å²) in [6, 6.07) is 16.7. The number of carbonyl (C=O) groups excluding carboxylic acids is 1. The maximum absolute atomic E-state index is 12.7. The van der Waals surface area contributed by atoms with Crippen molar-refractivity contribution in [1.82, 2.24) is 4.98 Å². The Balaban J connectivity index is 2.02. The van der Waals surface area contributed by atoms with Crippen LogP contribution < -0.4 is 4.74 Å². The second-order valence-corrected chi connectivity index (χ2v) is 5.02. The number of aromatic amines is 1. The molecule has 1 aromatic heterocycles. The minimum absolute atomic E-state index is 0.0861. The third-order valence-electron chi connectivity index (χ3n) is 3.60. The van der Waals surface area contributed by atoms with Crippen LogP contribution in [0.15, 0.2) is 60.3 Å². The summed E-state index contributed by atoms with van der Waals surface area (Å²) < 4.78 is 5.16. The molecule has 4 heteroatoms. The molecule has 0 bridgehead atoms. The molecule has 112 valence electrons. The van der Waals surface area contributed by atoms with Gasteiger partial charge in [-0.25, -0.2) is 0 Å². The number of ether oxygens (including phenoxy) is 1. The summed E-state index contributed by atoms with van der Waals surface area (Å²) in [5.74, 6) is 0.378. The Morgan fingerprint density at radius 1 is 1.22 bits per heavy atom. The minimum atomic E-state index is -0.298. The normalized spacial score (nSPS) is 11.2. The van der Waals surface area contributed by atoms with E-state index >= 15 is 0 Å². The lowest BCUT2D eigenvalue weighted by molar-refractivity contribution is 0.104. The molecule has 0 spiro atoms. The minimum Gasteiger partial charge on any atom is -0.497 e. The number of hydrogen-bond acceptors (Lipinski definition) is 3. The van der Waals surface area contributed by atoms with Crippen LogP contribution in [-0.4, -0.2) is 17.9 Å². The monoisotopic (exact) mass is 302 g/mol. The average Bonchev–Trinajstić information content (AvgIpc) is 3.03. The van der Waals surface area contributed by atoms with Gasteiger partial charge in [0.15, 0.2) is 0 Å². The summed E-state index contributed by atoms with van der Waals surface area (Å²) in [6.45, 7) is 0. The zero-order chi connectivity index (χ0) is 16.2. The number of allylic oxidation sites excluding steroid dienone is 1. The predicted octanol–water partition coefficient (Wildman–Crippen LogP) is 3.97. The molecule has 0 radical (unpaired) electrons. The summed E-state index contributed by atoms with van der Waals surface area (Å²) in [4.78, 5) is 15.7. The molecule has 0 saturated heterocycles. The molecular formula is C19H14N2O2. The van der Waals surface area contributed by atoms with E-state index in [0.717, 1.165) is 16.5 Å². The summed E-state index contributed by atoms with van der Waals surface area (Å²) >= 11 is 0. The van der Waals surface area contributed by atoms with Crippen molar-refractivity contribution in [3.8, 4) is 11.8 Å². The zero-order valence-electron chi connectivity index (χ0n) is 12.5. The Bertz CT molecular complexity index is 945. The third-order valence-corrected chi connectivity index (χ3v) is 3.60. The van der Waals surface area contributed by atoms with Gasteiger partial charge < -0.3 is 9.72 Å². The van der Waals surface area contributed by atoms with Crippen LogP contribution in [-0.2, 0) is 0 Å². The van der Waals surface area contributed by atoms with Crippen LogP contribution in [0.5, 0.6) is 5.75 Å². The number of aromatic nitrogens is 1. The fourth-order valence-corrected chi connectivity index (χ4v) is 2.45. The van der Waals surface area contributed by atoms with E-state index in [2.05, 4.69) is 4.98 Å². The van der Waals surface area contributed by atoms with Gasteiger partial charge in [0.2, 0.25) is 5.78 Å². The van der Waals surface area contributed by atoms with Gasteiger partial charge in [-0.3, -0.25) is 4.79 Å². The number of nitrogens with zero attached hydrogens (tertiary/aromatic N) is 1. The molecular weight excluding hydrogens is 288 g/mol. The first kappa shape index (κ1) is 14.6. The second kappa shape index (κ2) is 6.20. The summed E-state index contributed by atoms with van der Waals surface area (Å²) in [5, 5.41) is 10.2. The molecule has 0 unspecified atom stereocenters. The van der Waals surface area contributed by atoms with Crippen LogP contribution in [0.3, 0.4) is 0 Å². The number of carbonyl (C=O) groups is 1. The van der Waals surface area contributed by atoms with Gasteiger partial charge >= 0.3 is 0 Å². The molecule has 0 atom stereocenters. The van der Waals surface area contributed by atoms with E-state index in [1.807, 2.05) is 48.5 Å². The van der Waals surface area contributed by atoms with E-state index in [1.165, 1.54) is 0 Å². The predicted molar refractivity (Wildman–Crippen MR) is 89.2 cm³/mol. The molecule has 1 N–H and O–H groups in total. The number of nitrogens with one attached hydrogen (secondary N) is 1. The highest BCUT2D eigenvalue weighted by atomic mass is 16.5. The number of ketones is 1. The van der Waals surface area contributed by atoms with E-state index < -0.39 is 0 Å². The van der Waals surface area contributed by atoms with Gasteiger partial charge in [0.1, 0.15) is 17.4 Å². The lowest BCUT2D eigenvalue weighted by atomic mass is 10.0. The maximum Gasteiger partial charge on any atom is 0.205 e. The van der Waals surface area contributed by atoms with Crippen molar-refractivity contribution in [2.75, 3.05) is 7.11 Å². The number of para-hydroxylation sites is 1. The molecule has 0 aliphatic carbocycles. The van der Waals surface area contributed by atoms with Gasteiger partial charge in [0, 0.05) is 22.7 Å². The number of rotatable bonds is 4. The molecule has 0 fully saturated rings. The summed E-state index contributed by atoms with van der Waals surface area (Å²) in [6.07, 6.45) is 3.22. The van der Waals surface area contributed by atoms with Gasteiger partial charge in [0.25, 0.3) is 0 Å². The Morgan fingerprint density at radius 2 is 2.04 bits per heavy atom. The first-order valence-electron chi connectivity index (χ1n) is 7.09. The van der Waals surface area contributed by atoms with Gasteiger partial charge in [-0.2, -0.15) is 5.26 Å². The molecule has 0 aliphatic heterocycles. The number of methoxy groups -OCH3 is 1.